The zero-order valence-electron chi connectivity index (χ0n) is 11.6. The summed E-state index contributed by atoms with van der Waals surface area (Å²) in [4.78, 5) is 13.5. The number of carboxylic acids is 1. The Morgan fingerprint density at radius 2 is 2.11 bits per heavy atom. The van der Waals surface area contributed by atoms with Crippen molar-refractivity contribution in [2.75, 3.05) is 20.2 Å². The number of likely N-dealkylation sites (tertiary alicyclic amines) is 1. The third kappa shape index (κ3) is 2.89. The smallest absolute Gasteiger partial charge is 0.305 e. The summed E-state index contributed by atoms with van der Waals surface area (Å²) >= 11 is 0. The minimum absolute atomic E-state index is 0.111. The van der Waals surface area contributed by atoms with Crippen LogP contribution in [0.5, 0.6) is 5.75 Å². The van der Waals surface area contributed by atoms with E-state index in [0.717, 1.165) is 37.2 Å². The number of hydrogen-bond acceptors (Lipinski definition) is 3. The van der Waals surface area contributed by atoms with E-state index < -0.39 is 11.5 Å². The van der Waals surface area contributed by atoms with Crippen molar-refractivity contribution in [1.29, 1.82) is 0 Å². The van der Waals surface area contributed by atoms with Crippen LogP contribution < -0.4 is 4.74 Å². The number of nitrogens with zero attached hydrogens (tertiary/aromatic N) is 1. The van der Waals surface area contributed by atoms with Crippen LogP contribution in [0.1, 0.15) is 31.7 Å². The Hall–Kier alpha value is -1.55. The Labute approximate surface area is 114 Å². The predicted molar refractivity (Wildman–Crippen MR) is 73.4 cm³/mol. The van der Waals surface area contributed by atoms with Crippen molar-refractivity contribution in [1.82, 2.24) is 4.90 Å². The average molecular weight is 263 g/mol. The monoisotopic (exact) mass is 263 g/mol. The predicted octanol–water partition coefficient (Wildman–Crippen LogP) is 2.48. The number of rotatable bonds is 5. The van der Waals surface area contributed by atoms with E-state index in [2.05, 4.69) is 4.90 Å². The van der Waals surface area contributed by atoms with E-state index >= 15 is 0 Å². The molecule has 1 heterocycles. The molecule has 0 radical (unpaired) electrons. The summed E-state index contributed by atoms with van der Waals surface area (Å²) in [6.45, 7) is 3.93. The van der Waals surface area contributed by atoms with Crippen molar-refractivity contribution in [2.45, 2.75) is 31.7 Å². The van der Waals surface area contributed by atoms with Gasteiger partial charge in [0.2, 0.25) is 0 Å². The van der Waals surface area contributed by atoms with Gasteiger partial charge in [0.05, 0.1) is 19.1 Å². The molecule has 104 valence electrons. The first kappa shape index (κ1) is 13.9. The van der Waals surface area contributed by atoms with Gasteiger partial charge in [-0.1, -0.05) is 12.1 Å². The van der Waals surface area contributed by atoms with Gasteiger partial charge in [-0.3, -0.25) is 9.69 Å². The molecule has 0 saturated carbocycles. The zero-order chi connectivity index (χ0) is 13.9. The van der Waals surface area contributed by atoms with Crippen molar-refractivity contribution < 1.29 is 14.6 Å². The number of aliphatic carboxylic acids is 1. The Kier molecular flexibility index (Phi) is 4.10. The number of methoxy groups -OCH3 is 1. The number of carbonyl (C=O) groups is 1. The second kappa shape index (κ2) is 5.61. The first-order valence-corrected chi connectivity index (χ1v) is 6.67. The summed E-state index contributed by atoms with van der Waals surface area (Å²) in [6.07, 6.45) is 2.39. The van der Waals surface area contributed by atoms with Crippen molar-refractivity contribution in [3.8, 4) is 5.75 Å². The van der Waals surface area contributed by atoms with Gasteiger partial charge >= 0.3 is 5.97 Å². The summed E-state index contributed by atoms with van der Waals surface area (Å²) in [5.41, 5.74) is 0.549. The lowest BCUT2D eigenvalue weighted by Crippen LogP contribution is -2.43. The lowest BCUT2D eigenvalue weighted by Gasteiger charge is -2.38. The number of hydrogen-bond donors (Lipinski definition) is 1. The summed E-state index contributed by atoms with van der Waals surface area (Å²) in [7, 11) is 1.63. The molecule has 4 heteroatoms. The molecule has 4 nitrogen and oxygen atoms in total. The van der Waals surface area contributed by atoms with Crippen LogP contribution in [0, 0.1) is 0 Å². The SMILES string of the molecule is COc1cccc(C(C)(CC(=O)O)N2CCCC2)c1. The molecule has 0 bridgehead atoms. The van der Waals surface area contributed by atoms with Crippen LogP contribution in [0.15, 0.2) is 24.3 Å². The van der Waals surface area contributed by atoms with E-state index in [-0.39, 0.29) is 6.42 Å². The highest BCUT2D eigenvalue weighted by atomic mass is 16.5. The van der Waals surface area contributed by atoms with Gasteiger partial charge < -0.3 is 9.84 Å². The second-order valence-corrected chi connectivity index (χ2v) is 5.27. The van der Waals surface area contributed by atoms with Gasteiger partial charge in [-0.25, -0.2) is 0 Å². The summed E-state index contributed by atoms with van der Waals surface area (Å²) in [5.74, 6) is 0.00512. The van der Waals surface area contributed by atoms with Crippen LogP contribution in [0.4, 0.5) is 0 Å². The Balaban J connectivity index is 2.37. The van der Waals surface area contributed by atoms with Crippen molar-refractivity contribution in [2.24, 2.45) is 0 Å². The van der Waals surface area contributed by atoms with E-state index in [1.165, 1.54) is 0 Å². The molecule has 1 atom stereocenters. The van der Waals surface area contributed by atoms with Crippen LogP contribution in [0.2, 0.25) is 0 Å². The lowest BCUT2D eigenvalue weighted by molar-refractivity contribution is -0.140. The van der Waals surface area contributed by atoms with E-state index in [4.69, 9.17) is 4.74 Å². The molecule has 0 aromatic heterocycles. The normalized spacial score (nSPS) is 19.1. The third-order valence-corrected chi connectivity index (χ3v) is 3.99. The zero-order valence-corrected chi connectivity index (χ0v) is 11.6. The van der Waals surface area contributed by atoms with Crippen LogP contribution in [-0.4, -0.2) is 36.2 Å². The second-order valence-electron chi connectivity index (χ2n) is 5.27. The highest BCUT2D eigenvalue weighted by Gasteiger charge is 2.37. The van der Waals surface area contributed by atoms with E-state index in [0.29, 0.717) is 0 Å². The molecule has 1 aromatic rings. The Morgan fingerprint density at radius 3 is 2.68 bits per heavy atom. The molecular weight excluding hydrogens is 242 g/mol. The fourth-order valence-corrected chi connectivity index (χ4v) is 2.86. The van der Waals surface area contributed by atoms with Crippen molar-refractivity contribution in [3.05, 3.63) is 29.8 Å². The maximum absolute atomic E-state index is 11.2. The fourth-order valence-electron chi connectivity index (χ4n) is 2.86. The fraction of sp³-hybridized carbons (Fsp3) is 0.533. The van der Waals surface area contributed by atoms with E-state index in [1.54, 1.807) is 7.11 Å². The van der Waals surface area contributed by atoms with Crippen molar-refractivity contribution >= 4 is 5.97 Å². The highest BCUT2D eigenvalue weighted by Crippen LogP contribution is 2.36. The molecule has 0 amide bonds. The third-order valence-electron chi connectivity index (χ3n) is 3.99. The van der Waals surface area contributed by atoms with Crippen molar-refractivity contribution in [3.63, 3.8) is 0 Å². The molecule has 1 fully saturated rings. The first-order valence-electron chi connectivity index (χ1n) is 6.67. The van der Waals surface area contributed by atoms with Gasteiger partial charge in [-0.2, -0.15) is 0 Å². The van der Waals surface area contributed by atoms with Crippen LogP contribution in [0.25, 0.3) is 0 Å². The quantitative estimate of drug-likeness (QED) is 0.886. The molecule has 1 unspecified atom stereocenters. The van der Waals surface area contributed by atoms with Gasteiger partial charge in [0.15, 0.2) is 0 Å². The summed E-state index contributed by atoms with van der Waals surface area (Å²) in [5, 5.41) is 9.24. The largest absolute Gasteiger partial charge is 0.497 e. The molecule has 1 N–H and O–H groups in total. The minimum atomic E-state index is -0.766. The first-order chi connectivity index (χ1) is 9.06. The van der Waals surface area contributed by atoms with Gasteiger partial charge in [0.25, 0.3) is 0 Å². The van der Waals surface area contributed by atoms with Crippen LogP contribution in [-0.2, 0) is 10.3 Å². The maximum Gasteiger partial charge on any atom is 0.305 e. The average Bonchev–Trinajstić information content (AvgIpc) is 2.92. The number of benzene rings is 1. The lowest BCUT2D eigenvalue weighted by atomic mass is 9.86. The maximum atomic E-state index is 11.2. The summed E-state index contributed by atoms with van der Waals surface area (Å²) in [6, 6.07) is 7.74. The molecule has 1 saturated heterocycles. The minimum Gasteiger partial charge on any atom is -0.497 e. The standard InChI is InChI=1S/C15H21NO3/c1-15(11-14(17)18,16-8-3-4-9-16)12-6-5-7-13(10-12)19-2/h5-7,10H,3-4,8-9,11H2,1-2H3,(H,17,18). The molecule has 0 spiro atoms. The molecule has 1 aromatic carbocycles. The van der Waals surface area contributed by atoms with E-state index in [1.807, 2.05) is 31.2 Å². The van der Waals surface area contributed by atoms with Gasteiger partial charge in [0.1, 0.15) is 5.75 Å². The number of carboxylic acid groups (broad SMARTS) is 1. The van der Waals surface area contributed by atoms with Gasteiger partial charge in [0, 0.05) is 0 Å². The Bertz CT molecular complexity index is 454. The van der Waals surface area contributed by atoms with E-state index in [9.17, 15) is 9.90 Å². The molecule has 0 aliphatic carbocycles. The molecular formula is C15H21NO3. The Morgan fingerprint density at radius 1 is 1.42 bits per heavy atom. The molecule has 1 aliphatic rings. The summed E-state index contributed by atoms with van der Waals surface area (Å²) < 4.78 is 5.25. The molecule has 1 aliphatic heterocycles. The molecule has 2 rings (SSSR count). The van der Waals surface area contributed by atoms with Gasteiger partial charge in [-0.05, 0) is 50.6 Å². The van der Waals surface area contributed by atoms with Gasteiger partial charge in [-0.15, -0.1) is 0 Å². The van der Waals surface area contributed by atoms with Crippen LogP contribution in [0.3, 0.4) is 0 Å². The highest BCUT2D eigenvalue weighted by molar-refractivity contribution is 5.69. The number of ether oxygens (including phenoxy) is 1. The van der Waals surface area contributed by atoms with Crippen LogP contribution >= 0.6 is 0 Å². The molecule has 19 heavy (non-hydrogen) atoms. The topological polar surface area (TPSA) is 49.8 Å².